The van der Waals surface area contributed by atoms with Gasteiger partial charge in [-0.3, -0.25) is 0 Å². The lowest BCUT2D eigenvalue weighted by molar-refractivity contribution is 0.586. The highest BCUT2D eigenvalue weighted by Gasteiger charge is 2.38. The Bertz CT molecular complexity index is 601. The zero-order valence-corrected chi connectivity index (χ0v) is 8.81. The van der Waals surface area contributed by atoms with Crippen LogP contribution in [0.15, 0.2) is 28.0 Å². The molecule has 7 heteroatoms. The van der Waals surface area contributed by atoms with Gasteiger partial charge in [0.05, 0.1) is 0 Å². The molecule has 1 N–H and O–H groups in total. The summed E-state index contributed by atoms with van der Waals surface area (Å²) < 4.78 is 47.1. The zero-order chi connectivity index (χ0) is 10.6. The van der Waals surface area contributed by atoms with Crippen molar-refractivity contribution in [2.75, 3.05) is 0 Å². The third kappa shape index (κ3) is 1.17. The molecule has 0 atom stereocenters. The second kappa shape index (κ2) is 2.56. The highest BCUT2D eigenvalue weighted by Crippen LogP contribution is 2.30. The lowest BCUT2D eigenvalue weighted by Gasteiger charge is -1.97. The van der Waals surface area contributed by atoms with Crippen LogP contribution < -0.4 is 4.13 Å². The molecule has 0 radical (unpaired) electrons. The minimum atomic E-state index is -3.88. The van der Waals surface area contributed by atoms with Gasteiger partial charge in [0.2, 0.25) is 0 Å². The van der Waals surface area contributed by atoms with Gasteiger partial charge < -0.3 is 0 Å². The average molecular weight is 233 g/mol. The Labute approximate surface area is 81.9 Å². The fraction of sp³-hybridized carbons (Fsp3) is 0.143. The molecule has 0 aliphatic carbocycles. The van der Waals surface area contributed by atoms with Gasteiger partial charge in [-0.2, -0.15) is 0 Å². The molecule has 1 aliphatic heterocycles. The number of sulfonamides is 2. The molecule has 14 heavy (non-hydrogen) atoms. The van der Waals surface area contributed by atoms with E-state index in [-0.39, 0.29) is 9.79 Å². The third-order valence-electron chi connectivity index (χ3n) is 1.95. The van der Waals surface area contributed by atoms with Crippen LogP contribution in [0.3, 0.4) is 0 Å². The number of benzene rings is 1. The first kappa shape index (κ1) is 9.63. The van der Waals surface area contributed by atoms with Crippen LogP contribution in [0, 0.1) is 6.92 Å². The first-order valence-corrected chi connectivity index (χ1v) is 6.69. The summed E-state index contributed by atoms with van der Waals surface area (Å²) in [6, 6.07) is 4.34. The highest BCUT2D eigenvalue weighted by molar-refractivity contribution is 8.07. The number of aryl methyl sites for hydroxylation is 1. The van der Waals surface area contributed by atoms with Crippen molar-refractivity contribution in [3.8, 4) is 0 Å². The molecule has 1 aromatic carbocycles. The van der Waals surface area contributed by atoms with Crippen molar-refractivity contribution in [2.24, 2.45) is 0 Å². The summed E-state index contributed by atoms with van der Waals surface area (Å²) in [7, 11) is -7.76. The molecule has 2 rings (SSSR count). The molecule has 76 valence electrons. The monoisotopic (exact) mass is 233 g/mol. The maximum Gasteiger partial charge on any atom is 0.255 e. The van der Waals surface area contributed by atoms with Crippen LogP contribution in [0.4, 0.5) is 0 Å². The van der Waals surface area contributed by atoms with Gasteiger partial charge in [-0.05, 0) is 18.6 Å². The van der Waals surface area contributed by atoms with E-state index in [1.807, 2.05) is 0 Å². The van der Waals surface area contributed by atoms with Crippen molar-refractivity contribution < 1.29 is 16.8 Å². The van der Waals surface area contributed by atoms with Crippen molar-refractivity contribution in [3.05, 3.63) is 23.8 Å². The predicted octanol–water partition coefficient (Wildman–Crippen LogP) is -0.0244. The topological polar surface area (TPSA) is 80.3 Å². The molecule has 0 amide bonds. The number of nitrogens with one attached hydrogen (secondary N) is 1. The summed E-state index contributed by atoms with van der Waals surface area (Å²) in [6.07, 6.45) is 0. The molecule has 5 nitrogen and oxygen atoms in total. The number of fused-ring (bicyclic) bond motifs is 1. The molecular weight excluding hydrogens is 226 g/mol. The van der Waals surface area contributed by atoms with Crippen molar-refractivity contribution >= 4 is 20.0 Å². The van der Waals surface area contributed by atoms with E-state index < -0.39 is 20.0 Å². The Morgan fingerprint density at radius 3 is 2.29 bits per heavy atom. The molecule has 1 heterocycles. The zero-order valence-electron chi connectivity index (χ0n) is 7.18. The molecule has 0 aromatic heterocycles. The van der Waals surface area contributed by atoms with Gasteiger partial charge in [-0.15, -0.1) is 4.13 Å². The summed E-state index contributed by atoms with van der Waals surface area (Å²) in [5.74, 6) is 0. The molecule has 1 aromatic rings. The fourth-order valence-corrected chi connectivity index (χ4v) is 5.41. The first-order chi connectivity index (χ1) is 6.34. The van der Waals surface area contributed by atoms with E-state index in [4.69, 9.17) is 0 Å². The minimum absolute atomic E-state index is 0.139. The second-order valence-corrected chi connectivity index (χ2v) is 6.52. The highest BCUT2D eigenvalue weighted by atomic mass is 32.3. The number of rotatable bonds is 0. The summed E-state index contributed by atoms with van der Waals surface area (Å²) in [5, 5.41) is 0. The van der Waals surface area contributed by atoms with Gasteiger partial charge in [0.1, 0.15) is 9.79 Å². The van der Waals surface area contributed by atoms with Gasteiger partial charge in [-0.25, -0.2) is 16.8 Å². The number of hydrogen-bond acceptors (Lipinski definition) is 4. The molecular formula is C7H7NO4S2. The van der Waals surface area contributed by atoms with Gasteiger partial charge in [-0.1, -0.05) is 12.1 Å². The van der Waals surface area contributed by atoms with Crippen LogP contribution in [0.2, 0.25) is 0 Å². The first-order valence-electron chi connectivity index (χ1n) is 3.73. The van der Waals surface area contributed by atoms with Gasteiger partial charge >= 0.3 is 0 Å². The van der Waals surface area contributed by atoms with Crippen molar-refractivity contribution in [3.63, 3.8) is 0 Å². The third-order valence-corrected chi connectivity index (χ3v) is 5.84. The largest absolute Gasteiger partial charge is 0.255 e. The van der Waals surface area contributed by atoms with E-state index in [1.54, 1.807) is 17.1 Å². The van der Waals surface area contributed by atoms with Crippen LogP contribution in [-0.2, 0) is 20.0 Å². The van der Waals surface area contributed by atoms with Gasteiger partial charge in [0.25, 0.3) is 20.0 Å². The molecule has 0 spiro atoms. The Kier molecular flexibility index (Phi) is 1.76. The van der Waals surface area contributed by atoms with Crippen LogP contribution >= 0.6 is 0 Å². The minimum Gasteiger partial charge on any atom is -0.206 e. The van der Waals surface area contributed by atoms with Crippen molar-refractivity contribution in [1.29, 1.82) is 0 Å². The summed E-state index contributed by atoms with van der Waals surface area (Å²) in [6.45, 7) is 1.55. The summed E-state index contributed by atoms with van der Waals surface area (Å²) in [5.41, 5.74) is 0.427. The van der Waals surface area contributed by atoms with Gasteiger partial charge in [0.15, 0.2) is 0 Å². The molecule has 0 saturated heterocycles. The number of hydrogen-bond donors (Lipinski definition) is 1. The van der Waals surface area contributed by atoms with E-state index in [2.05, 4.69) is 0 Å². The Balaban J connectivity index is 3.01. The van der Waals surface area contributed by atoms with Crippen molar-refractivity contribution in [1.82, 2.24) is 4.13 Å². The average Bonchev–Trinajstić information content (AvgIpc) is 2.18. The van der Waals surface area contributed by atoms with Crippen LogP contribution in [0.1, 0.15) is 5.56 Å². The molecule has 0 saturated carbocycles. The Morgan fingerprint density at radius 1 is 1.07 bits per heavy atom. The van der Waals surface area contributed by atoms with E-state index in [0.717, 1.165) is 0 Å². The predicted molar refractivity (Wildman–Crippen MR) is 48.7 cm³/mol. The van der Waals surface area contributed by atoms with E-state index in [1.165, 1.54) is 12.1 Å². The smallest absolute Gasteiger partial charge is 0.206 e. The fourth-order valence-electron chi connectivity index (χ4n) is 1.41. The van der Waals surface area contributed by atoms with E-state index in [0.29, 0.717) is 5.56 Å². The lowest BCUT2D eigenvalue weighted by atomic mass is 10.2. The Hall–Kier alpha value is -0.920. The Morgan fingerprint density at radius 2 is 1.71 bits per heavy atom. The summed E-state index contributed by atoms with van der Waals surface area (Å²) in [4.78, 5) is -0.308. The quantitative estimate of drug-likeness (QED) is 0.682. The maximum atomic E-state index is 11.4. The van der Waals surface area contributed by atoms with Crippen LogP contribution in [0.25, 0.3) is 0 Å². The normalized spacial score (nSPS) is 21.8. The standard InChI is InChI=1S/C7H7NO4S2/c1-5-3-2-4-6-7(5)14(11,12)8-13(6,9)10/h2-4,8H,1H3. The maximum absolute atomic E-state index is 11.4. The van der Waals surface area contributed by atoms with Crippen LogP contribution in [0.5, 0.6) is 0 Å². The van der Waals surface area contributed by atoms with Crippen molar-refractivity contribution in [2.45, 2.75) is 16.7 Å². The van der Waals surface area contributed by atoms with Crippen LogP contribution in [-0.4, -0.2) is 16.8 Å². The van der Waals surface area contributed by atoms with E-state index in [9.17, 15) is 16.8 Å². The SMILES string of the molecule is Cc1cccc2c1S(=O)(=O)NS2(=O)=O. The second-order valence-electron chi connectivity index (χ2n) is 2.99. The summed E-state index contributed by atoms with van der Waals surface area (Å²) >= 11 is 0. The molecule has 0 bridgehead atoms. The molecule has 1 aliphatic rings. The molecule has 0 fully saturated rings. The van der Waals surface area contributed by atoms with Gasteiger partial charge in [0, 0.05) is 0 Å². The van der Waals surface area contributed by atoms with E-state index >= 15 is 0 Å². The lowest BCUT2D eigenvalue weighted by Crippen LogP contribution is -2.21. The molecule has 0 unspecified atom stereocenters.